The Hall–Kier alpha value is -1.28. The molecule has 0 unspecified atom stereocenters. The van der Waals surface area contributed by atoms with Gasteiger partial charge in [-0.1, -0.05) is 13.8 Å². The fraction of sp³-hybridized carbons (Fsp3) is 0.875. The first-order valence-electron chi connectivity index (χ1n) is 8.28. The summed E-state index contributed by atoms with van der Waals surface area (Å²) in [6.45, 7) is 5.94. The number of piperidine rings is 1. The van der Waals surface area contributed by atoms with Crippen molar-refractivity contribution < 1.29 is 28.2 Å². The molecular formula is C16H24F2N2O4. The highest BCUT2D eigenvalue weighted by molar-refractivity contribution is 5.89. The van der Waals surface area contributed by atoms with Gasteiger partial charge >= 0.3 is 5.97 Å². The minimum Gasteiger partial charge on any atom is -0.480 e. The van der Waals surface area contributed by atoms with E-state index in [1.165, 1.54) is 4.90 Å². The van der Waals surface area contributed by atoms with E-state index in [0.717, 1.165) is 0 Å². The number of alkyl halides is 2. The van der Waals surface area contributed by atoms with Crippen LogP contribution >= 0.6 is 0 Å². The molecule has 0 aromatic heterocycles. The Morgan fingerprint density at radius 1 is 1.33 bits per heavy atom. The Labute approximate surface area is 139 Å². The van der Waals surface area contributed by atoms with Crippen molar-refractivity contribution >= 4 is 11.9 Å². The summed E-state index contributed by atoms with van der Waals surface area (Å²) in [5, 5.41) is 9.48. The molecule has 136 valence electrons. The number of likely N-dealkylation sites (tertiary alicyclic amines) is 1. The Bertz CT molecular complexity index is 560. The third kappa shape index (κ3) is 2.69. The Morgan fingerprint density at radius 2 is 1.92 bits per heavy atom. The highest BCUT2D eigenvalue weighted by Crippen LogP contribution is 2.64. The molecule has 3 fully saturated rings. The third-order valence-electron chi connectivity index (χ3n) is 6.00. The summed E-state index contributed by atoms with van der Waals surface area (Å²) in [5.41, 5.74) is 5.85. The minimum atomic E-state index is -2.70. The molecule has 5 atom stereocenters. The molecule has 2 saturated carbocycles. The number of rotatable bonds is 5. The van der Waals surface area contributed by atoms with E-state index in [9.17, 15) is 23.5 Å². The van der Waals surface area contributed by atoms with E-state index < -0.39 is 42.1 Å². The molecule has 8 heteroatoms. The van der Waals surface area contributed by atoms with Crippen LogP contribution in [0.15, 0.2) is 0 Å². The SMILES string of the molecule is C[C@@H](OC1CC(F)(F)C1)[C@H](N)C(=O)N1C[C@H]2[C@@H]([C@H]1C(=O)O)C2(C)C. The second-order valence-corrected chi connectivity index (χ2v) is 7.98. The van der Waals surface area contributed by atoms with Crippen molar-refractivity contribution in [3.63, 3.8) is 0 Å². The van der Waals surface area contributed by atoms with Gasteiger partial charge in [-0.3, -0.25) is 4.79 Å². The van der Waals surface area contributed by atoms with Crippen LogP contribution in [0.3, 0.4) is 0 Å². The fourth-order valence-corrected chi connectivity index (χ4v) is 4.28. The van der Waals surface area contributed by atoms with E-state index in [-0.39, 0.29) is 30.1 Å². The summed E-state index contributed by atoms with van der Waals surface area (Å²) >= 11 is 0. The van der Waals surface area contributed by atoms with Crippen LogP contribution in [0, 0.1) is 17.3 Å². The number of carboxylic acids is 1. The fourth-order valence-electron chi connectivity index (χ4n) is 4.28. The van der Waals surface area contributed by atoms with Crippen molar-refractivity contribution in [2.24, 2.45) is 23.0 Å². The van der Waals surface area contributed by atoms with Crippen LogP contribution in [-0.4, -0.2) is 58.6 Å². The van der Waals surface area contributed by atoms with Crippen LogP contribution in [0.5, 0.6) is 0 Å². The maximum absolute atomic E-state index is 12.9. The second kappa shape index (κ2) is 5.36. The van der Waals surface area contributed by atoms with Crippen molar-refractivity contribution in [3.8, 4) is 0 Å². The number of nitrogens with zero attached hydrogens (tertiary/aromatic N) is 1. The van der Waals surface area contributed by atoms with E-state index >= 15 is 0 Å². The van der Waals surface area contributed by atoms with E-state index in [1.807, 2.05) is 13.8 Å². The molecule has 1 heterocycles. The van der Waals surface area contributed by atoms with Gasteiger partial charge in [0.2, 0.25) is 5.91 Å². The van der Waals surface area contributed by atoms with E-state index in [4.69, 9.17) is 10.5 Å². The summed E-state index contributed by atoms with van der Waals surface area (Å²) < 4.78 is 31.1. The number of fused-ring (bicyclic) bond motifs is 1. The average molecular weight is 346 g/mol. The highest BCUT2D eigenvalue weighted by Gasteiger charge is 2.69. The molecule has 0 aromatic carbocycles. The van der Waals surface area contributed by atoms with Gasteiger partial charge in [-0.2, -0.15) is 0 Å². The lowest BCUT2D eigenvalue weighted by Crippen LogP contribution is -2.56. The summed E-state index contributed by atoms with van der Waals surface area (Å²) in [4.78, 5) is 25.5. The highest BCUT2D eigenvalue weighted by atomic mass is 19.3. The lowest BCUT2D eigenvalue weighted by atomic mass is 9.90. The zero-order valence-corrected chi connectivity index (χ0v) is 14.0. The maximum Gasteiger partial charge on any atom is 0.326 e. The Morgan fingerprint density at radius 3 is 2.42 bits per heavy atom. The van der Waals surface area contributed by atoms with Gasteiger partial charge in [0, 0.05) is 25.3 Å². The lowest BCUT2D eigenvalue weighted by molar-refractivity contribution is -0.184. The second-order valence-electron chi connectivity index (χ2n) is 7.98. The molecule has 0 spiro atoms. The summed E-state index contributed by atoms with van der Waals surface area (Å²) in [5.74, 6) is -4.11. The molecule has 3 rings (SSSR count). The number of carbonyl (C=O) groups excluding carboxylic acids is 1. The molecule has 1 aliphatic heterocycles. The Kier molecular flexibility index (Phi) is 3.92. The van der Waals surface area contributed by atoms with Crippen molar-refractivity contribution in [2.75, 3.05) is 6.54 Å². The van der Waals surface area contributed by atoms with Crippen LogP contribution < -0.4 is 5.73 Å². The van der Waals surface area contributed by atoms with Crippen molar-refractivity contribution in [1.29, 1.82) is 0 Å². The van der Waals surface area contributed by atoms with Gasteiger partial charge in [-0.05, 0) is 18.3 Å². The van der Waals surface area contributed by atoms with Gasteiger partial charge in [-0.25, -0.2) is 13.6 Å². The van der Waals surface area contributed by atoms with E-state index in [2.05, 4.69) is 0 Å². The topological polar surface area (TPSA) is 92.9 Å². The monoisotopic (exact) mass is 346 g/mol. The lowest BCUT2D eigenvalue weighted by Gasteiger charge is -2.38. The molecule has 3 aliphatic rings. The summed E-state index contributed by atoms with van der Waals surface area (Å²) in [6, 6.07) is -1.93. The maximum atomic E-state index is 12.9. The third-order valence-corrected chi connectivity index (χ3v) is 6.00. The zero-order valence-electron chi connectivity index (χ0n) is 14.0. The van der Waals surface area contributed by atoms with Gasteiger partial charge in [0.15, 0.2) is 0 Å². The first-order valence-corrected chi connectivity index (χ1v) is 8.28. The quantitative estimate of drug-likeness (QED) is 0.777. The van der Waals surface area contributed by atoms with Gasteiger partial charge in [0.05, 0.1) is 12.2 Å². The van der Waals surface area contributed by atoms with Gasteiger partial charge < -0.3 is 20.5 Å². The molecule has 24 heavy (non-hydrogen) atoms. The summed E-state index contributed by atoms with van der Waals surface area (Å²) in [6.07, 6.45) is -2.07. The number of amides is 1. The van der Waals surface area contributed by atoms with Gasteiger partial charge in [0.1, 0.15) is 12.1 Å². The van der Waals surface area contributed by atoms with Gasteiger partial charge in [0.25, 0.3) is 5.92 Å². The summed E-state index contributed by atoms with van der Waals surface area (Å²) in [7, 11) is 0. The minimum absolute atomic E-state index is 0.0623. The number of aliphatic carboxylic acids is 1. The molecule has 2 aliphatic carbocycles. The first kappa shape index (κ1) is 17.5. The van der Waals surface area contributed by atoms with Crippen molar-refractivity contribution in [2.45, 2.75) is 63.8 Å². The van der Waals surface area contributed by atoms with Crippen molar-refractivity contribution in [3.05, 3.63) is 0 Å². The molecular weight excluding hydrogens is 322 g/mol. The van der Waals surface area contributed by atoms with Crippen LogP contribution in [0.4, 0.5) is 8.78 Å². The van der Waals surface area contributed by atoms with E-state index in [1.54, 1.807) is 6.92 Å². The predicted octanol–water partition coefficient (Wildman–Crippen LogP) is 1.08. The van der Waals surface area contributed by atoms with Crippen LogP contribution in [-0.2, 0) is 14.3 Å². The number of halogens is 2. The first-order chi connectivity index (χ1) is 11.0. The van der Waals surface area contributed by atoms with Crippen LogP contribution in [0.2, 0.25) is 0 Å². The zero-order chi connectivity index (χ0) is 18.0. The molecule has 1 amide bonds. The standard InChI is InChI=1S/C16H24F2N2O4/c1-7(24-8-4-16(17,18)5-8)11(19)13(21)20-6-9-10(15(9,2)3)12(20)14(22)23/h7-12H,4-6,19H2,1-3H3,(H,22,23)/t7-,9+,10+,11+,12+/m1/s1. The predicted molar refractivity (Wildman–Crippen MR) is 80.4 cm³/mol. The number of carboxylic acid groups (broad SMARTS) is 1. The number of hydrogen-bond acceptors (Lipinski definition) is 4. The molecule has 6 nitrogen and oxygen atoms in total. The van der Waals surface area contributed by atoms with Crippen LogP contribution in [0.25, 0.3) is 0 Å². The van der Waals surface area contributed by atoms with Crippen LogP contribution in [0.1, 0.15) is 33.6 Å². The largest absolute Gasteiger partial charge is 0.480 e. The number of ether oxygens (including phenoxy) is 1. The number of hydrogen-bond donors (Lipinski definition) is 2. The average Bonchev–Trinajstić information content (AvgIpc) is 2.83. The molecule has 3 N–H and O–H groups in total. The van der Waals surface area contributed by atoms with Crippen molar-refractivity contribution in [1.82, 2.24) is 4.90 Å². The normalized spacial score (nSPS) is 35.8. The Balaban J connectivity index is 1.60. The van der Waals surface area contributed by atoms with E-state index in [0.29, 0.717) is 6.54 Å². The molecule has 0 bridgehead atoms. The van der Waals surface area contributed by atoms with Gasteiger partial charge in [-0.15, -0.1) is 0 Å². The number of nitrogens with two attached hydrogens (primary N) is 1. The molecule has 0 aromatic rings. The smallest absolute Gasteiger partial charge is 0.326 e. The molecule has 0 radical (unpaired) electrons. The number of carbonyl (C=O) groups is 2. The molecule has 1 saturated heterocycles.